The highest BCUT2D eigenvalue weighted by molar-refractivity contribution is 5.79. The first-order chi connectivity index (χ1) is 8.06. The van der Waals surface area contributed by atoms with Crippen molar-refractivity contribution in [2.45, 2.75) is 26.3 Å². The van der Waals surface area contributed by atoms with E-state index >= 15 is 0 Å². The minimum atomic E-state index is -0.350. The Bertz CT molecular complexity index is 391. The van der Waals surface area contributed by atoms with Gasteiger partial charge in [-0.15, -0.1) is 0 Å². The molecule has 4 nitrogen and oxygen atoms in total. The average molecular weight is 236 g/mol. The number of primary amides is 1. The van der Waals surface area contributed by atoms with Gasteiger partial charge in [0.05, 0.1) is 12.6 Å². The Balaban J connectivity index is 2.51. The number of hydrogen-bond acceptors (Lipinski definition) is 3. The predicted octanol–water partition coefficient (Wildman–Crippen LogP) is 1.15. The zero-order valence-corrected chi connectivity index (χ0v) is 10.6. The molecule has 0 fully saturated rings. The number of ether oxygens (including phenoxy) is 1. The number of carbonyl (C=O) groups is 1. The topological polar surface area (TPSA) is 64.3 Å². The molecule has 1 amide bonds. The third kappa shape index (κ3) is 3.75. The Kier molecular flexibility index (Phi) is 4.97. The summed E-state index contributed by atoms with van der Waals surface area (Å²) in [5, 5.41) is 2.86. The fourth-order valence-corrected chi connectivity index (χ4v) is 1.60. The molecular formula is C13H20N2O2. The summed E-state index contributed by atoms with van der Waals surface area (Å²) < 4.78 is 5.65. The number of amides is 1. The maximum absolute atomic E-state index is 11.0. The lowest BCUT2D eigenvalue weighted by atomic mass is 10.1. The summed E-state index contributed by atoms with van der Waals surface area (Å²) in [6.45, 7) is 4.54. The first-order valence-electron chi connectivity index (χ1n) is 5.72. The van der Waals surface area contributed by atoms with Gasteiger partial charge in [0.15, 0.2) is 0 Å². The first-order valence-corrected chi connectivity index (χ1v) is 5.72. The quantitative estimate of drug-likeness (QED) is 0.778. The lowest BCUT2D eigenvalue weighted by Gasteiger charge is -2.14. The number of likely N-dealkylation sites (N-methyl/N-ethyl adjacent to an activating group) is 1. The Hall–Kier alpha value is -1.55. The third-order valence-corrected chi connectivity index (χ3v) is 2.91. The summed E-state index contributed by atoms with van der Waals surface area (Å²) in [7, 11) is 1.72. The summed E-state index contributed by atoms with van der Waals surface area (Å²) in [6.07, 6.45) is 0.569. The van der Waals surface area contributed by atoms with Gasteiger partial charge in [-0.25, -0.2) is 0 Å². The number of aryl methyl sites for hydroxylation is 1. The number of nitrogens with two attached hydrogens (primary N) is 1. The van der Waals surface area contributed by atoms with Gasteiger partial charge >= 0.3 is 0 Å². The van der Waals surface area contributed by atoms with E-state index in [1.165, 1.54) is 5.56 Å². The minimum Gasteiger partial charge on any atom is -0.493 e. The molecule has 1 aromatic rings. The van der Waals surface area contributed by atoms with Crippen LogP contribution in [0.15, 0.2) is 18.2 Å². The lowest BCUT2D eigenvalue weighted by molar-refractivity contribution is -0.120. The van der Waals surface area contributed by atoms with Gasteiger partial charge in [-0.05, 0) is 38.1 Å². The number of rotatable bonds is 6. The molecule has 17 heavy (non-hydrogen) atoms. The molecule has 0 spiro atoms. The standard InChI is InChI=1S/C13H20N2O2/c1-9-5-4-6-12(10(9)2)17-8-7-11(15-3)13(14)16/h4-6,11,15H,7-8H2,1-3H3,(H2,14,16). The summed E-state index contributed by atoms with van der Waals surface area (Å²) in [5.41, 5.74) is 7.55. The Morgan fingerprint density at radius 3 is 2.76 bits per heavy atom. The Morgan fingerprint density at radius 2 is 2.18 bits per heavy atom. The SMILES string of the molecule is CNC(CCOc1cccc(C)c1C)C(N)=O. The van der Waals surface area contributed by atoms with E-state index in [1.54, 1.807) is 7.05 Å². The van der Waals surface area contributed by atoms with Crippen LogP contribution in [0.5, 0.6) is 5.75 Å². The van der Waals surface area contributed by atoms with Gasteiger partial charge in [-0.2, -0.15) is 0 Å². The fourth-order valence-electron chi connectivity index (χ4n) is 1.60. The van der Waals surface area contributed by atoms with Gasteiger partial charge in [0.2, 0.25) is 5.91 Å². The van der Waals surface area contributed by atoms with Crippen molar-refractivity contribution in [1.29, 1.82) is 0 Å². The molecule has 1 rings (SSSR count). The van der Waals surface area contributed by atoms with E-state index in [4.69, 9.17) is 10.5 Å². The summed E-state index contributed by atoms with van der Waals surface area (Å²) in [5.74, 6) is 0.515. The molecule has 4 heteroatoms. The van der Waals surface area contributed by atoms with Crippen molar-refractivity contribution in [2.24, 2.45) is 5.73 Å². The third-order valence-electron chi connectivity index (χ3n) is 2.91. The fraction of sp³-hybridized carbons (Fsp3) is 0.462. The van der Waals surface area contributed by atoms with E-state index in [0.29, 0.717) is 13.0 Å². The maximum atomic E-state index is 11.0. The molecule has 0 saturated heterocycles. The molecule has 1 atom stereocenters. The van der Waals surface area contributed by atoms with Crippen LogP contribution in [0.25, 0.3) is 0 Å². The van der Waals surface area contributed by atoms with Crippen molar-refractivity contribution >= 4 is 5.91 Å². The van der Waals surface area contributed by atoms with Gasteiger partial charge in [0, 0.05) is 6.42 Å². The highest BCUT2D eigenvalue weighted by Gasteiger charge is 2.12. The van der Waals surface area contributed by atoms with E-state index in [-0.39, 0.29) is 11.9 Å². The van der Waals surface area contributed by atoms with E-state index in [9.17, 15) is 4.79 Å². The van der Waals surface area contributed by atoms with E-state index in [0.717, 1.165) is 11.3 Å². The molecular weight excluding hydrogens is 216 g/mol. The number of hydrogen-bond donors (Lipinski definition) is 2. The van der Waals surface area contributed by atoms with Crippen molar-refractivity contribution in [2.75, 3.05) is 13.7 Å². The zero-order valence-electron chi connectivity index (χ0n) is 10.6. The van der Waals surface area contributed by atoms with E-state index < -0.39 is 0 Å². The smallest absolute Gasteiger partial charge is 0.234 e. The van der Waals surface area contributed by atoms with Crippen LogP contribution in [0.2, 0.25) is 0 Å². The van der Waals surface area contributed by atoms with Crippen LogP contribution in [-0.4, -0.2) is 25.6 Å². The van der Waals surface area contributed by atoms with Crippen molar-refractivity contribution in [3.05, 3.63) is 29.3 Å². The van der Waals surface area contributed by atoms with E-state index in [2.05, 4.69) is 5.32 Å². The van der Waals surface area contributed by atoms with Gasteiger partial charge in [-0.3, -0.25) is 4.79 Å². The van der Waals surface area contributed by atoms with Gasteiger partial charge in [0.25, 0.3) is 0 Å². The zero-order chi connectivity index (χ0) is 12.8. The first kappa shape index (κ1) is 13.5. The minimum absolute atomic E-state index is 0.333. The van der Waals surface area contributed by atoms with Crippen molar-refractivity contribution < 1.29 is 9.53 Å². The van der Waals surface area contributed by atoms with Crippen molar-refractivity contribution in [1.82, 2.24) is 5.32 Å². The van der Waals surface area contributed by atoms with Crippen LogP contribution in [0.1, 0.15) is 17.5 Å². The summed E-state index contributed by atoms with van der Waals surface area (Å²) in [6, 6.07) is 5.60. The summed E-state index contributed by atoms with van der Waals surface area (Å²) >= 11 is 0. The predicted molar refractivity (Wildman–Crippen MR) is 68.1 cm³/mol. The molecule has 0 saturated carbocycles. The number of nitrogens with one attached hydrogen (secondary N) is 1. The second-order valence-electron chi connectivity index (χ2n) is 4.08. The van der Waals surface area contributed by atoms with Crippen LogP contribution in [0.4, 0.5) is 0 Å². The second-order valence-corrected chi connectivity index (χ2v) is 4.08. The normalized spacial score (nSPS) is 12.2. The van der Waals surface area contributed by atoms with Gasteiger partial charge in [-0.1, -0.05) is 12.1 Å². The van der Waals surface area contributed by atoms with E-state index in [1.807, 2.05) is 32.0 Å². The Morgan fingerprint density at radius 1 is 1.47 bits per heavy atom. The van der Waals surface area contributed by atoms with Crippen LogP contribution in [0, 0.1) is 13.8 Å². The number of carbonyl (C=O) groups excluding carboxylic acids is 1. The van der Waals surface area contributed by atoms with Crippen LogP contribution < -0.4 is 15.8 Å². The molecule has 3 N–H and O–H groups in total. The molecule has 1 unspecified atom stereocenters. The molecule has 0 aliphatic heterocycles. The molecule has 0 aliphatic carbocycles. The number of benzene rings is 1. The highest BCUT2D eigenvalue weighted by Crippen LogP contribution is 2.20. The highest BCUT2D eigenvalue weighted by atomic mass is 16.5. The van der Waals surface area contributed by atoms with Crippen LogP contribution >= 0.6 is 0 Å². The van der Waals surface area contributed by atoms with Crippen LogP contribution in [-0.2, 0) is 4.79 Å². The molecule has 0 heterocycles. The van der Waals surface area contributed by atoms with Crippen molar-refractivity contribution in [3.63, 3.8) is 0 Å². The molecule has 0 aromatic heterocycles. The average Bonchev–Trinajstić information content (AvgIpc) is 2.29. The largest absolute Gasteiger partial charge is 0.493 e. The lowest BCUT2D eigenvalue weighted by Crippen LogP contribution is -2.40. The Labute approximate surface area is 102 Å². The molecule has 94 valence electrons. The maximum Gasteiger partial charge on any atom is 0.234 e. The molecule has 0 radical (unpaired) electrons. The van der Waals surface area contributed by atoms with Crippen LogP contribution in [0.3, 0.4) is 0 Å². The molecule has 0 bridgehead atoms. The molecule has 1 aromatic carbocycles. The monoisotopic (exact) mass is 236 g/mol. The second kappa shape index (κ2) is 6.25. The van der Waals surface area contributed by atoms with Crippen molar-refractivity contribution in [3.8, 4) is 5.75 Å². The van der Waals surface area contributed by atoms with Gasteiger partial charge in [0.1, 0.15) is 5.75 Å². The summed E-state index contributed by atoms with van der Waals surface area (Å²) in [4.78, 5) is 11.0. The molecule has 0 aliphatic rings. The van der Waals surface area contributed by atoms with Gasteiger partial charge < -0.3 is 15.8 Å².